The highest BCUT2D eigenvalue weighted by atomic mass is 16.4. The third kappa shape index (κ3) is 3.42. The minimum absolute atomic E-state index is 0.365. The number of aromatic nitrogens is 3. The Bertz CT molecular complexity index is 1420. The summed E-state index contributed by atoms with van der Waals surface area (Å²) in [5.74, 6) is 1.43. The van der Waals surface area contributed by atoms with Gasteiger partial charge in [0.1, 0.15) is 5.58 Å². The lowest BCUT2D eigenvalue weighted by molar-refractivity contribution is 0.258. The van der Waals surface area contributed by atoms with Crippen LogP contribution in [0.1, 0.15) is 25.2 Å². The predicted octanol–water partition coefficient (Wildman–Crippen LogP) is 3.90. The zero-order valence-corrected chi connectivity index (χ0v) is 19.6. The van der Waals surface area contributed by atoms with Gasteiger partial charge in [-0.15, -0.1) is 0 Å². The van der Waals surface area contributed by atoms with Gasteiger partial charge in [-0.3, -0.25) is 4.98 Å². The van der Waals surface area contributed by atoms with Gasteiger partial charge in [0.15, 0.2) is 5.65 Å². The number of aryl methyl sites for hydroxylation is 2. The molecule has 2 aliphatic heterocycles. The van der Waals surface area contributed by atoms with E-state index in [0.717, 1.165) is 41.2 Å². The molecule has 170 valence electrons. The van der Waals surface area contributed by atoms with E-state index in [4.69, 9.17) is 4.42 Å². The molecule has 6 rings (SSSR count). The fourth-order valence-corrected chi connectivity index (χ4v) is 5.57. The van der Waals surface area contributed by atoms with Crippen molar-refractivity contribution in [2.45, 2.75) is 33.7 Å². The molecule has 0 spiro atoms. The topological polar surface area (TPSA) is 66.9 Å². The average Bonchev–Trinajstić information content (AvgIpc) is 3.45. The number of rotatable bonds is 3. The molecule has 7 heteroatoms. The summed E-state index contributed by atoms with van der Waals surface area (Å²) in [6, 6.07) is 8.72. The van der Waals surface area contributed by atoms with Crippen LogP contribution in [-0.4, -0.2) is 51.5 Å². The van der Waals surface area contributed by atoms with Crippen LogP contribution in [-0.2, 0) is 0 Å². The normalized spacial score (nSPS) is 21.1. The molecule has 0 aliphatic carbocycles. The minimum Gasteiger partial charge on any atom is -0.422 e. The smallest absolute Gasteiger partial charge is 0.345 e. The maximum atomic E-state index is 12.9. The Labute approximate surface area is 192 Å². The Balaban J connectivity index is 1.31. The Morgan fingerprint density at radius 1 is 1.00 bits per heavy atom. The molecular formula is C26H29N5O2. The second-order valence-corrected chi connectivity index (χ2v) is 9.97. The molecule has 0 N–H and O–H groups in total. The third-order valence-corrected chi connectivity index (χ3v) is 7.33. The molecule has 3 aromatic heterocycles. The highest BCUT2D eigenvalue weighted by molar-refractivity contribution is 5.84. The summed E-state index contributed by atoms with van der Waals surface area (Å²) in [4.78, 5) is 27.1. The summed E-state index contributed by atoms with van der Waals surface area (Å²) in [6.07, 6.45) is 3.78. The van der Waals surface area contributed by atoms with Crippen molar-refractivity contribution in [2.75, 3.05) is 31.1 Å². The fourth-order valence-electron chi connectivity index (χ4n) is 5.57. The number of imidazole rings is 1. The summed E-state index contributed by atoms with van der Waals surface area (Å²) in [5.41, 5.74) is 4.96. The molecule has 7 nitrogen and oxygen atoms in total. The minimum atomic E-state index is -0.365. The zero-order valence-electron chi connectivity index (χ0n) is 19.6. The van der Waals surface area contributed by atoms with E-state index in [9.17, 15) is 4.79 Å². The van der Waals surface area contributed by atoms with Crippen molar-refractivity contribution in [1.29, 1.82) is 0 Å². The molecule has 0 radical (unpaired) electrons. The molecule has 0 bridgehead atoms. The van der Waals surface area contributed by atoms with Crippen molar-refractivity contribution in [3.8, 4) is 11.3 Å². The van der Waals surface area contributed by atoms with E-state index >= 15 is 0 Å². The number of hydrogen-bond acceptors (Lipinski definition) is 6. The van der Waals surface area contributed by atoms with Gasteiger partial charge in [0.25, 0.3) is 0 Å². The second-order valence-electron chi connectivity index (χ2n) is 9.97. The van der Waals surface area contributed by atoms with E-state index in [-0.39, 0.29) is 5.63 Å². The van der Waals surface area contributed by atoms with Crippen LogP contribution in [0.25, 0.3) is 27.9 Å². The zero-order chi connectivity index (χ0) is 22.9. The molecule has 2 aliphatic rings. The van der Waals surface area contributed by atoms with Crippen LogP contribution in [0.3, 0.4) is 0 Å². The number of benzene rings is 1. The van der Waals surface area contributed by atoms with Crippen LogP contribution in [0.2, 0.25) is 0 Å². The van der Waals surface area contributed by atoms with Gasteiger partial charge in [-0.05, 0) is 57.7 Å². The van der Waals surface area contributed by atoms with Crippen molar-refractivity contribution in [1.82, 2.24) is 19.3 Å². The summed E-state index contributed by atoms with van der Waals surface area (Å²) in [5, 5.41) is 0.904. The van der Waals surface area contributed by atoms with Crippen LogP contribution in [0, 0.1) is 25.7 Å². The summed E-state index contributed by atoms with van der Waals surface area (Å²) < 4.78 is 7.71. The third-order valence-electron chi connectivity index (χ3n) is 7.33. The molecule has 2 fully saturated rings. The summed E-state index contributed by atoms with van der Waals surface area (Å²) in [7, 11) is 0. The van der Waals surface area contributed by atoms with E-state index in [1.54, 1.807) is 0 Å². The standard InChI is InChI=1S/C26H29N5O2/c1-15(2)29-10-19-12-30(13-20(19)11-29)21-6-5-18-7-22(26(32)33-24(18)8-21)23-14-31-9-16(3)27-17(4)25(31)28-23/h5-9,14-15,19-20H,10-13H2,1-4H3. The molecule has 1 aromatic carbocycles. The first-order valence-electron chi connectivity index (χ1n) is 11.8. The highest BCUT2D eigenvalue weighted by Crippen LogP contribution is 2.35. The van der Waals surface area contributed by atoms with Gasteiger partial charge in [-0.25, -0.2) is 9.78 Å². The average molecular weight is 444 g/mol. The Hall–Kier alpha value is -3.19. The second kappa shape index (κ2) is 7.42. The van der Waals surface area contributed by atoms with Gasteiger partial charge in [0, 0.05) is 61.8 Å². The van der Waals surface area contributed by atoms with Gasteiger partial charge in [-0.1, -0.05) is 0 Å². The molecule has 33 heavy (non-hydrogen) atoms. The Kier molecular flexibility index (Phi) is 4.59. The lowest BCUT2D eigenvalue weighted by Gasteiger charge is -2.25. The molecule has 0 amide bonds. The number of hydrogen-bond donors (Lipinski definition) is 0. The van der Waals surface area contributed by atoms with Gasteiger partial charge in [0.05, 0.1) is 22.6 Å². The van der Waals surface area contributed by atoms with Crippen molar-refractivity contribution in [3.05, 3.63) is 58.5 Å². The fraction of sp³-hybridized carbons (Fsp3) is 0.423. The van der Waals surface area contributed by atoms with E-state index in [2.05, 4.69) is 45.7 Å². The number of fused-ring (bicyclic) bond motifs is 3. The highest BCUT2D eigenvalue weighted by Gasteiger charge is 2.40. The first-order valence-corrected chi connectivity index (χ1v) is 11.8. The van der Waals surface area contributed by atoms with Crippen LogP contribution in [0.4, 0.5) is 5.69 Å². The predicted molar refractivity (Wildman–Crippen MR) is 130 cm³/mol. The quantitative estimate of drug-likeness (QED) is 0.448. The molecular weight excluding hydrogens is 414 g/mol. The summed E-state index contributed by atoms with van der Waals surface area (Å²) >= 11 is 0. The first kappa shape index (κ1) is 20.4. The van der Waals surface area contributed by atoms with Gasteiger partial charge >= 0.3 is 5.63 Å². The lowest BCUT2D eigenvalue weighted by atomic mass is 10.0. The van der Waals surface area contributed by atoms with Crippen LogP contribution in [0.5, 0.6) is 0 Å². The van der Waals surface area contributed by atoms with E-state index in [0.29, 0.717) is 34.7 Å². The first-order chi connectivity index (χ1) is 15.9. The summed E-state index contributed by atoms with van der Waals surface area (Å²) in [6.45, 7) is 12.9. The van der Waals surface area contributed by atoms with Crippen LogP contribution < -0.4 is 10.5 Å². The van der Waals surface area contributed by atoms with E-state index in [1.807, 2.05) is 42.8 Å². The molecule has 0 saturated carbocycles. The van der Waals surface area contributed by atoms with Crippen molar-refractivity contribution >= 4 is 22.3 Å². The van der Waals surface area contributed by atoms with E-state index in [1.165, 1.54) is 13.1 Å². The maximum absolute atomic E-state index is 12.9. The monoisotopic (exact) mass is 443 g/mol. The number of likely N-dealkylation sites (tertiary alicyclic amines) is 1. The Morgan fingerprint density at radius 3 is 2.48 bits per heavy atom. The number of anilines is 1. The largest absolute Gasteiger partial charge is 0.422 e. The molecule has 2 saturated heterocycles. The molecule has 2 unspecified atom stereocenters. The van der Waals surface area contributed by atoms with Crippen molar-refractivity contribution < 1.29 is 4.42 Å². The van der Waals surface area contributed by atoms with Crippen LogP contribution in [0.15, 0.2) is 45.9 Å². The van der Waals surface area contributed by atoms with Gasteiger partial charge in [0.2, 0.25) is 0 Å². The molecule has 4 aromatic rings. The lowest BCUT2D eigenvalue weighted by Crippen LogP contribution is -2.33. The maximum Gasteiger partial charge on any atom is 0.345 e. The van der Waals surface area contributed by atoms with E-state index < -0.39 is 0 Å². The molecule has 5 heterocycles. The van der Waals surface area contributed by atoms with Crippen molar-refractivity contribution in [2.24, 2.45) is 11.8 Å². The van der Waals surface area contributed by atoms with Crippen molar-refractivity contribution in [3.63, 3.8) is 0 Å². The van der Waals surface area contributed by atoms with Gasteiger partial charge in [-0.2, -0.15) is 0 Å². The van der Waals surface area contributed by atoms with Crippen LogP contribution >= 0.6 is 0 Å². The number of nitrogens with zero attached hydrogens (tertiary/aromatic N) is 5. The Morgan fingerprint density at radius 2 is 1.76 bits per heavy atom. The molecule has 2 atom stereocenters. The van der Waals surface area contributed by atoms with Gasteiger partial charge < -0.3 is 18.6 Å². The SMILES string of the molecule is Cc1cn2cc(-c3cc4ccc(N5CC6CN(C(C)C)CC6C5)cc4oc3=O)nc2c(C)n1.